The van der Waals surface area contributed by atoms with Gasteiger partial charge in [0.2, 0.25) is 11.8 Å². The number of carbonyl (C=O) groups is 4. The molecule has 2 aromatic carbocycles. The third kappa shape index (κ3) is 3.77. The second-order valence-corrected chi connectivity index (χ2v) is 8.47. The van der Waals surface area contributed by atoms with Gasteiger partial charge in [0.25, 0.3) is 11.1 Å². The Kier molecular flexibility index (Phi) is 5.47. The molecule has 4 rings (SSSR count). The molecule has 4 amide bonds. The molecule has 9 heteroatoms. The molecule has 1 atom stereocenters. The topological polar surface area (TPSA) is 86.8 Å². The van der Waals surface area contributed by atoms with Crippen molar-refractivity contribution >= 4 is 63.4 Å². The van der Waals surface area contributed by atoms with E-state index in [4.69, 9.17) is 12.2 Å². The van der Waals surface area contributed by atoms with Crippen LogP contribution in [-0.4, -0.2) is 28.1 Å². The number of thioether (sulfide) groups is 1. The number of hydrogen-bond acceptors (Lipinski definition) is 6. The Bertz CT molecular complexity index is 1180. The molecule has 2 fully saturated rings. The Morgan fingerprint density at radius 3 is 2.32 bits per heavy atom. The van der Waals surface area contributed by atoms with Crippen LogP contribution in [0.2, 0.25) is 0 Å². The Labute approximate surface area is 188 Å². The first-order chi connectivity index (χ1) is 14.8. The molecule has 1 N–H and O–H groups in total. The van der Waals surface area contributed by atoms with Crippen molar-refractivity contribution < 1.29 is 19.2 Å². The number of nitrogens with one attached hydrogen (secondary N) is 1. The Morgan fingerprint density at radius 1 is 0.935 bits per heavy atom. The van der Waals surface area contributed by atoms with Crippen molar-refractivity contribution in [3.05, 3.63) is 70.6 Å². The summed E-state index contributed by atoms with van der Waals surface area (Å²) >= 11 is 5.91. The van der Waals surface area contributed by atoms with Gasteiger partial charge >= 0.3 is 0 Å². The van der Waals surface area contributed by atoms with Gasteiger partial charge in [-0.1, -0.05) is 24.3 Å². The Hall–Kier alpha value is -3.30. The van der Waals surface area contributed by atoms with E-state index in [1.165, 1.54) is 11.0 Å². The van der Waals surface area contributed by atoms with Gasteiger partial charge in [0.15, 0.2) is 5.11 Å². The van der Waals surface area contributed by atoms with Crippen molar-refractivity contribution in [2.75, 3.05) is 9.80 Å². The van der Waals surface area contributed by atoms with Crippen molar-refractivity contribution in [1.29, 1.82) is 0 Å². The molecule has 2 saturated heterocycles. The maximum Gasteiger partial charge on any atom is 0.298 e. The van der Waals surface area contributed by atoms with E-state index < -0.39 is 28.9 Å². The maximum atomic E-state index is 13.2. The van der Waals surface area contributed by atoms with Gasteiger partial charge in [-0.3, -0.25) is 24.1 Å². The van der Waals surface area contributed by atoms with E-state index in [2.05, 4.69) is 5.32 Å². The Morgan fingerprint density at radius 2 is 1.65 bits per heavy atom. The van der Waals surface area contributed by atoms with Gasteiger partial charge in [0.05, 0.1) is 16.3 Å². The molecule has 2 aliphatic rings. The molecule has 0 spiro atoms. The van der Waals surface area contributed by atoms with Crippen LogP contribution in [0.3, 0.4) is 0 Å². The van der Waals surface area contributed by atoms with Crippen molar-refractivity contribution in [2.45, 2.75) is 13.8 Å². The lowest BCUT2D eigenvalue weighted by atomic mass is 10.0. The lowest BCUT2D eigenvalue weighted by Gasteiger charge is -2.31. The van der Waals surface area contributed by atoms with Crippen LogP contribution < -0.4 is 15.1 Å². The number of amides is 4. The van der Waals surface area contributed by atoms with Crippen LogP contribution in [0.4, 0.5) is 16.2 Å². The van der Waals surface area contributed by atoms with Crippen LogP contribution in [0.15, 0.2) is 59.5 Å². The minimum atomic E-state index is -1.29. The van der Waals surface area contributed by atoms with Crippen LogP contribution in [-0.2, 0) is 14.4 Å². The summed E-state index contributed by atoms with van der Waals surface area (Å²) < 4.78 is 0. The molecule has 0 unspecified atom stereocenters. The molecule has 156 valence electrons. The summed E-state index contributed by atoms with van der Waals surface area (Å²) in [7, 11) is 0. The van der Waals surface area contributed by atoms with Crippen molar-refractivity contribution in [3.63, 3.8) is 0 Å². The number of benzene rings is 2. The van der Waals surface area contributed by atoms with E-state index in [0.717, 1.165) is 16.0 Å². The number of carbonyl (C=O) groups excluding carboxylic acids is 4. The second-order valence-electron chi connectivity index (χ2n) is 7.09. The predicted molar refractivity (Wildman–Crippen MR) is 123 cm³/mol. The molecular weight excluding hydrogens is 434 g/mol. The third-order valence-electron chi connectivity index (χ3n) is 5.08. The lowest BCUT2D eigenvalue weighted by Crippen LogP contribution is -2.57. The van der Waals surface area contributed by atoms with Crippen molar-refractivity contribution in [2.24, 2.45) is 5.92 Å². The average molecular weight is 452 g/mol. The zero-order valence-corrected chi connectivity index (χ0v) is 18.3. The van der Waals surface area contributed by atoms with Crippen LogP contribution in [0.1, 0.15) is 11.1 Å². The Balaban J connectivity index is 1.66. The number of imide groups is 1. The van der Waals surface area contributed by atoms with Gasteiger partial charge in [-0.25, -0.2) is 4.90 Å². The van der Waals surface area contributed by atoms with Crippen molar-refractivity contribution in [1.82, 2.24) is 5.32 Å². The van der Waals surface area contributed by atoms with E-state index in [0.29, 0.717) is 23.1 Å². The summed E-state index contributed by atoms with van der Waals surface area (Å²) in [5.74, 6) is -3.08. The van der Waals surface area contributed by atoms with Gasteiger partial charge < -0.3 is 5.32 Å². The van der Waals surface area contributed by atoms with E-state index in [1.54, 1.807) is 42.5 Å². The van der Waals surface area contributed by atoms with E-state index in [9.17, 15) is 19.2 Å². The number of aryl methyl sites for hydroxylation is 2. The number of thiocarbonyl (C=S) groups is 1. The van der Waals surface area contributed by atoms with Gasteiger partial charge in [0, 0.05) is 0 Å². The number of hydrogen-bond donors (Lipinski definition) is 1. The quantitative estimate of drug-likeness (QED) is 0.437. The zero-order chi connectivity index (χ0) is 22.3. The summed E-state index contributed by atoms with van der Waals surface area (Å²) in [5.41, 5.74) is 2.96. The zero-order valence-electron chi connectivity index (χ0n) is 16.6. The molecule has 0 bridgehead atoms. The van der Waals surface area contributed by atoms with Crippen molar-refractivity contribution in [3.8, 4) is 0 Å². The summed E-state index contributed by atoms with van der Waals surface area (Å²) in [6.07, 6.45) is 1.24. The van der Waals surface area contributed by atoms with Gasteiger partial charge in [0.1, 0.15) is 5.92 Å². The smallest absolute Gasteiger partial charge is 0.298 e. The highest BCUT2D eigenvalue weighted by atomic mass is 32.2. The average Bonchev–Trinajstić information content (AvgIpc) is 3.01. The van der Waals surface area contributed by atoms with Gasteiger partial charge in [-0.2, -0.15) is 0 Å². The maximum absolute atomic E-state index is 13.2. The van der Waals surface area contributed by atoms with E-state index >= 15 is 0 Å². The summed E-state index contributed by atoms with van der Waals surface area (Å²) in [5, 5.41) is 2.00. The molecule has 0 aromatic heterocycles. The monoisotopic (exact) mass is 451 g/mol. The number of anilines is 2. The highest BCUT2D eigenvalue weighted by Crippen LogP contribution is 2.36. The molecular formula is C22H17N3O4S2. The molecule has 2 aromatic rings. The summed E-state index contributed by atoms with van der Waals surface area (Å²) in [6, 6.07) is 13.9. The second kappa shape index (κ2) is 8.09. The molecule has 0 saturated carbocycles. The predicted octanol–water partition coefficient (Wildman–Crippen LogP) is 3.45. The first-order valence-corrected chi connectivity index (χ1v) is 10.6. The largest absolute Gasteiger partial charge is 0.301 e. The molecule has 0 aliphatic carbocycles. The fourth-order valence-electron chi connectivity index (χ4n) is 3.28. The number of para-hydroxylation sites is 1. The standard InChI is InChI=1S/C22H17N3O4S2/c1-12-8-9-15(10-13(12)2)24-19(27)16(18(26)23-21(24)30)11-17-20(28)25(22(29)31-17)14-6-4-3-5-7-14/h3-11,16H,1-2H3,(H,23,26,30)/b17-11+/t16-/m1/s1. The SMILES string of the molecule is Cc1ccc(N2C(=O)[C@H](/C=C3/SC(=O)N(c4ccccc4)C3=O)C(=O)NC2=S)cc1C. The first-order valence-electron chi connectivity index (χ1n) is 9.37. The van der Waals surface area contributed by atoms with E-state index in [1.807, 2.05) is 19.9 Å². The molecule has 2 heterocycles. The first kappa shape index (κ1) is 21.0. The molecule has 31 heavy (non-hydrogen) atoms. The molecule has 2 aliphatic heterocycles. The summed E-state index contributed by atoms with van der Waals surface area (Å²) in [6.45, 7) is 3.86. The van der Waals surface area contributed by atoms with Crippen LogP contribution in [0.5, 0.6) is 0 Å². The fourth-order valence-corrected chi connectivity index (χ4v) is 4.43. The minimum Gasteiger partial charge on any atom is -0.301 e. The molecule has 7 nitrogen and oxygen atoms in total. The molecule has 0 radical (unpaired) electrons. The summed E-state index contributed by atoms with van der Waals surface area (Å²) in [4.78, 5) is 53.3. The lowest BCUT2D eigenvalue weighted by molar-refractivity contribution is -0.131. The normalized spacial score (nSPS) is 20.6. The van der Waals surface area contributed by atoms with Gasteiger partial charge in [-0.15, -0.1) is 0 Å². The van der Waals surface area contributed by atoms with Crippen LogP contribution in [0, 0.1) is 19.8 Å². The number of nitrogens with zero attached hydrogens (tertiary/aromatic N) is 2. The number of rotatable bonds is 3. The van der Waals surface area contributed by atoms with E-state index in [-0.39, 0.29) is 10.0 Å². The highest BCUT2D eigenvalue weighted by molar-refractivity contribution is 8.18. The van der Waals surface area contributed by atoms with Gasteiger partial charge in [-0.05, 0) is 79.3 Å². The highest BCUT2D eigenvalue weighted by Gasteiger charge is 2.42. The van der Waals surface area contributed by atoms with Crippen LogP contribution >= 0.6 is 24.0 Å². The minimum absolute atomic E-state index is 0.0233. The third-order valence-corrected chi connectivity index (χ3v) is 6.25. The fraction of sp³-hybridized carbons (Fsp3) is 0.136. The van der Waals surface area contributed by atoms with Crippen LogP contribution in [0.25, 0.3) is 0 Å².